The molecule has 2 amide bonds. The molecule has 2 aromatic carbocycles. The van der Waals surface area contributed by atoms with E-state index in [0.717, 1.165) is 31.7 Å². The Labute approximate surface area is 210 Å². The largest absolute Gasteiger partial charge is 0.479 e. The van der Waals surface area contributed by atoms with Gasteiger partial charge in [-0.05, 0) is 56.8 Å². The van der Waals surface area contributed by atoms with Crippen LogP contribution in [0.25, 0.3) is 0 Å². The summed E-state index contributed by atoms with van der Waals surface area (Å²) >= 11 is 6.07. The average molecular weight is 500 g/mol. The Bertz CT molecular complexity index is 1080. The van der Waals surface area contributed by atoms with Crippen molar-refractivity contribution in [3.63, 3.8) is 0 Å². The predicted octanol–water partition coefficient (Wildman–Crippen LogP) is 2.87. The minimum absolute atomic E-state index is 0.0167. The quantitative estimate of drug-likeness (QED) is 0.408. The average Bonchev–Trinajstić information content (AvgIpc) is 3.07. The molecule has 1 saturated heterocycles. The van der Waals surface area contributed by atoms with Crippen LogP contribution in [0.5, 0.6) is 5.75 Å². The molecular weight excluding hydrogens is 470 g/mol. The number of amides is 2. The van der Waals surface area contributed by atoms with Gasteiger partial charge in [-0.3, -0.25) is 19.4 Å². The van der Waals surface area contributed by atoms with Crippen molar-refractivity contribution in [2.24, 2.45) is 0 Å². The number of carbonyl (C=O) groups is 3. The number of halogens is 1. The Balaban J connectivity index is 1.46. The molecule has 35 heavy (non-hydrogen) atoms. The number of imide groups is 1. The molecule has 0 unspecified atom stereocenters. The van der Waals surface area contributed by atoms with Crippen molar-refractivity contribution in [1.29, 1.82) is 0 Å². The van der Waals surface area contributed by atoms with E-state index < -0.39 is 18.2 Å². The van der Waals surface area contributed by atoms with Crippen molar-refractivity contribution in [3.05, 3.63) is 64.2 Å². The second-order valence-electron chi connectivity index (χ2n) is 9.10. The summed E-state index contributed by atoms with van der Waals surface area (Å²) in [5.41, 5.74) is 1.58. The lowest BCUT2D eigenvalue weighted by molar-refractivity contribution is -0.158. The van der Waals surface area contributed by atoms with Gasteiger partial charge in [-0.25, -0.2) is 4.79 Å². The van der Waals surface area contributed by atoms with Crippen LogP contribution in [-0.2, 0) is 9.53 Å². The minimum atomic E-state index is -0.882. The highest BCUT2D eigenvalue weighted by Gasteiger charge is 2.38. The molecular formula is C26H30ClN3O5. The number of fused-ring (bicyclic) bond motifs is 1. The van der Waals surface area contributed by atoms with E-state index in [1.54, 1.807) is 49.4 Å². The second kappa shape index (κ2) is 10.8. The van der Waals surface area contributed by atoms with Crippen molar-refractivity contribution < 1.29 is 23.9 Å². The molecule has 2 heterocycles. The molecule has 0 bridgehead atoms. The maximum Gasteiger partial charge on any atom is 0.347 e. The zero-order chi connectivity index (χ0) is 25.1. The van der Waals surface area contributed by atoms with Crippen LogP contribution >= 0.6 is 11.6 Å². The van der Waals surface area contributed by atoms with Gasteiger partial charge in [0.05, 0.1) is 17.7 Å². The summed E-state index contributed by atoms with van der Waals surface area (Å²) in [6.07, 6.45) is -1.57. The molecule has 2 atom stereocenters. The molecule has 2 aliphatic rings. The zero-order valence-corrected chi connectivity index (χ0v) is 21.0. The monoisotopic (exact) mass is 499 g/mol. The predicted molar refractivity (Wildman–Crippen MR) is 132 cm³/mol. The third-order valence-corrected chi connectivity index (χ3v) is 6.80. The molecule has 8 nitrogen and oxygen atoms in total. The maximum absolute atomic E-state index is 13.0. The first-order valence-electron chi connectivity index (χ1n) is 11.7. The van der Waals surface area contributed by atoms with Gasteiger partial charge < -0.3 is 14.4 Å². The van der Waals surface area contributed by atoms with Gasteiger partial charge in [-0.2, -0.15) is 0 Å². The first-order chi connectivity index (χ1) is 16.7. The lowest BCUT2D eigenvalue weighted by atomic mass is 10.1. The number of likely N-dealkylation sites (N-methyl/N-ethyl adjacent to an activating group) is 1. The van der Waals surface area contributed by atoms with E-state index >= 15 is 0 Å². The summed E-state index contributed by atoms with van der Waals surface area (Å²) in [4.78, 5) is 44.4. The Kier molecular flexibility index (Phi) is 7.74. The van der Waals surface area contributed by atoms with E-state index in [4.69, 9.17) is 21.1 Å². The van der Waals surface area contributed by atoms with Gasteiger partial charge in [0, 0.05) is 37.7 Å². The molecule has 0 aromatic heterocycles. The van der Waals surface area contributed by atoms with E-state index in [1.807, 2.05) is 6.92 Å². The third kappa shape index (κ3) is 5.83. The summed E-state index contributed by atoms with van der Waals surface area (Å²) in [5.74, 6) is -0.794. The number of ether oxygens (including phenoxy) is 2. The molecule has 0 saturated carbocycles. The van der Waals surface area contributed by atoms with Crippen molar-refractivity contribution >= 4 is 29.4 Å². The van der Waals surface area contributed by atoms with Crippen molar-refractivity contribution in [1.82, 2.24) is 14.7 Å². The van der Waals surface area contributed by atoms with Crippen LogP contribution in [0.1, 0.15) is 33.2 Å². The van der Waals surface area contributed by atoms with Gasteiger partial charge in [0.1, 0.15) is 11.9 Å². The summed E-state index contributed by atoms with van der Waals surface area (Å²) in [7, 11) is 2.06. The molecule has 1 fully saturated rings. The number of aryl methyl sites for hydroxylation is 1. The summed E-state index contributed by atoms with van der Waals surface area (Å²) in [6, 6.07) is 11.9. The second-order valence-corrected chi connectivity index (χ2v) is 9.51. The van der Waals surface area contributed by atoms with Crippen LogP contribution < -0.4 is 4.74 Å². The van der Waals surface area contributed by atoms with Crippen LogP contribution in [0.3, 0.4) is 0 Å². The number of piperazine rings is 1. The summed E-state index contributed by atoms with van der Waals surface area (Å²) in [5, 5.41) is 0.612. The number of rotatable bonds is 8. The van der Waals surface area contributed by atoms with Crippen LogP contribution in [0.4, 0.5) is 0 Å². The number of nitrogens with zero attached hydrogens (tertiary/aromatic N) is 3. The Hall–Kier alpha value is -2.94. The minimum Gasteiger partial charge on any atom is -0.479 e. The number of esters is 1. The standard InChI is InChI=1S/C26H30ClN3O5/c1-17-14-19(8-9-23(17)27)34-18(2)26(33)35-20(15-29-12-10-28(3)11-13-29)16-30-24(31)21-6-4-5-7-22(21)25(30)32/h4-9,14,18,20H,10-13,15-16H2,1-3H3/t18-,20-/m1/s1. The molecule has 186 valence electrons. The maximum atomic E-state index is 13.0. The molecule has 4 rings (SSSR count). The highest BCUT2D eigenvalue weighted by molar-refractivity contribution is 6.31. The third-order valence-electron chi connectivity index (χ3n) is 6.38. The molecule has 9 heteroatoms. The van der Waals surface area contributed by atoms with E-state index in [9.17, 15) is 14.4 Å². The Morgan fingerprint density at radius 2 is 1.63 bits per heavy atom. The first kappa shape index (κ1) is 25.2. The SMILES string of the molecule is Cc1cc(O[C@H](C)C(=O)O[C@H](CN2CCN(C)CC2)CN2C(=O)c3ccccc3C2=O)ccc1Cl. The van der Waals surface area contributed by atoms with Crippen LogP contribution in [0.2, 0.25) is 5.02 Å². The summed E-state index contributed by atoms with van der Waals surface area (Å²) < 4.78 is 11.6. The Morgan fingerprint density at radius 1 is 1.00 bits per heavy atom. The highest BCUT2D eigenvalue weighted by atomic mass is 35.5. The lowest BCUT2D eigenvalue weighted by Gasteiger charge is -2.35. The van der Waals surface area contributed by atoms with Gasteiger partial charge in [0.15, 0.2) is 6.10 Å². The summed E-state index contributed by atoms with van der Waals surface area (Å²) in [6.45, 7) is 7.27. The fourth-order valence-corrected chi connectivity index (χ4v) is 4.38. The topological polar surface area (TPSA) is 79.4 Å². The number of hydrogen-bond donors (Lipinski definition) is 0. The molecule has 0 radical (unpaired) electrons. The fourth-order valence-electron chi connectivity index (χ4n) is 4.26. The van der Waals surface area contributed by atoms with Gasteiger partial charge >= 0.3 is 5.97 Å². The van der Waals surface area contributed by atoms with Gasteiger partial charge in [0.25, 0.3) is 11.8 Å². The molecule has 0 N–H and O–H groups in total. The van der Waals surface area contributed by atoms with E-state index in [-0.39, 0.29) is 18.4 Å². The number of carbonyl (C=O) groups excluding carboxylic acids is 3. The molecule has 0 spiro atoms. The molecule has 0 aliphatic carbocycles. The van der Waals surface area contributed by atoms with Crippen molar-refractivity contribution in [3.8, 4) is 5.75 Å². The van der Waals surface area contributed by atoms with Crippen molar-refractivity contribution in [2.45, 2.75) is 26.1 Å². The van der Waals surface area contributed by atoms with Gasteiger partial charge in [-0.1, -0.05) is 23.7 Å². The number of benzene rings is 2. The van der Waals surface area contributed by atoms with Crippen molar-refractivity contribution in [2.75, 3.05) is 46.3 Å². The van der Waals surface area contributed by atoms with Crippen LogP contribution in [-0.4, -0.2) is 91.0 Å². The Morgan fingerprint density at radius 3 is 2.23 bits per heavy atom. The van der Waals surface area contributed by atoms with Crippen LogP contribution in [0, 0.1) is 6.92 Å². The highest BCUT2D eigenvalue weighted by Crippen LogP contribution is 2.24. The normalized spacial score (nSPS) is 18.3. The lowest BCUT2D eigenvalue weighted by Crippen LogP contribution is -2.51. The van der Waals surface area contributed by atoms with E-state index in [2.05, 4.69) is 16.8 Å². The molecule has 2 aromatic rings. The van der Waals surface area contributed by atoms with E-state index in [1.165, 1.54) is 4.90 Å². The molecule has 2 aliphatic heterocycles. The van der Waals surface area contributed by atoms with Gasteiger partial charge in [0.2, 0.25) is 0 Å². The fraction of sp³-hybridized carbons (Fsp3) is 0.423. The first-order valence-corrected chi connectivity index (χ1v) is 12.1. The van der Waals surface area contributed by atoms with E-state index in [0.29, 0.717) is 28.4 Å². The number of hydrogen-bond acceptors (Lipinski definition) is 7. The van der Waals surface area contributed by atoms with Crippen LogP contribution in [0.15, 0.2) is 42.5 Å². The zero-order valence-electron chi connectivity index (χ0n) is 20.2. The smallest absolute Gasteiger partial charge is 0.347 e. The van der Waals surface area contributed by atoms with Gasteiger partial charge in [-0.15, -0.1) is 0 Å².